The van der Waals surface area contributed by atoms with Crippen LogP contribution < -0.4 is 24.8 Å². The fourth-order valence-electron chi connectivity index (χ4n) is 2.95. The van der Waals surface area contributed by atoms with Crippen molar-refractivity contribution in [3.63, 3.8) is 0 Å². The molecule has 0 bridgehead atoms. The van der Waals surface area contributed by atoms with Crippen LogP contribution in [0.5, 0.6) is 17.2 Å². The third kappa shape index (κ3) is 4.35. The van der Waals surface area contributed by atoms with Crippen molar-refractivity contribution in [2.45, 2.75) is 13.0 Å². The predicted octanol–water partition coefficient (Wildman–Crippen LogP) is 4.07. The normalized spacial score (nSPS) is 12.7. The van der Waals surface area contributed by atoms with E-state index >= 15 is 0 Å². The van der Waals surface area contributed by atoms with Gasteiger partial charge in [-0.25, -0.2) is 0 Å². The molecule has 2 amide bonds. The Kier molecular flexibility index (Phi) is 5.52. The Morgan fingerprint density at radius 2 is 1.63 bits per heavy atom. The minimum Gasteiger partial charge on any atom is -0.481 e. The number of ether oxygens (including phenoxy) is 3. The molecule has 0 spiro atoms. The summed E-state index contributed by atoms with van der Waals surface area (Å²) < 4.78 is 16.3. The Morgan fingerprint density at radius 3 is 2.47 bits per heavy atom. The van der Waals surface area contributed by atoms with Crippen LogP contribution in [0.1, 0.15) is 17.3 Å². The van der Waals surface area contributed by atoms with Gasteiger partial charge in [-0.2, -0.15) is 0 Å². The summed E-state index contributed by atoms with van der Waals surface area (Å²) in [6.07, 6.45) is -0.739. The molecule has 152 valence electrons. The van der Waals surface area contributed by atoms with E-state index in [1.165, 1.54) is 0 Å². The highest BCUT2D eigenvalue weighted by Crippen LogP contribution is 2.34. The number of carbonyl (C=O) groups is 2. The second-order valence-electron chi connectivity index (χ2n) is 6.63. The minimum atomic E-state index is -0.739. The first kappa shape index (κ1) is 19.3. The summed E-state index contributed by atoms with van der Waals surface area (Å²) in [4.78, 5) is 25.4. The van der Waals surface area contributed by atoms with Gasteiger partial charge in [0.1, 0.15) is 5.75 Å². The first-order valence-electron chi connectivity index (χ1n) is 9.43. The molecule has 0 aromatic heterocycles. The van der Waals surface area contributed by atoms with Gasteiger partial charge in [0.15, 0.2) is 17.6 Å². The van der Waals surface area contributed by atoms with Crippen LogP contribution in [0.4, 0.5) is 11.4 Å². The molecule has 0 saturated carbocycles. The van der Waals surface area contributed by atoms with Crippen molar-refractivity contribution in [1.82, 2.24) is 0 Å². The number of para-hydroxylation sites is 2. The lowest BCUT2D eigenvalue weighted by molar-refractivity contribution is -0.122. The average molecular weight is 404 g/mol. The SMILES string of the molecule is CC(Oc1ccccc1)C(=O)Nc1ccccc1C(=O)Nc1ccc2c(c1)OCO2. The van der Waals surface area contributed by atoms with Gasteiger partial charge < -0.3 is 24.8 Å². The van der Waals surface area contributed by atoms with Crippen LogP contribution in [0.2, 0.25) is 0 Å². The fourth-order valence-corrected chi connectivity index (χ4v) is 2.95. The van der Waals surface area contributed by atoms with Crippen molar-refractivity contribution in [3.8, 4) is 17.2 Å². The molecule has 0 fully saturated rings. The van der Waals surface area contributed by atoms with E-state index in [0.717, 1.165) is 0 Å². The van der Waals surface area contributed by atoms with Gasteiger partial charge in [0.2, 0.25) is 6.79 Å². The number of anilines is 2. The van der Waals surface area contributed by atoms with E-state index in [-0.39, 0.29) is 18.6 Å². The average Bonchev–Trinajstić information content (AvgIpc) is 3.22. The Hall–Kier alpha value is -4.00. The van der Waals surface area contributed by atoms with Gasteiger partial charge in [-0.05, 0) is 43.3 Å². The van der Waals surface area contributed by atoms with E-state index in [0.29, 0.717) is 34.2 Å². The molecular formula is C23H20N2O5. The van der Waals surface area contributed by atoms with E-state index in [1.54, 1.807) is 61.5 Å². The molecule has 4 rings (SSSR count). The van der Waals surface area contributed by atoms with Crippen LogP contribution in [-0.2, 0) is 4.79 Å². The second kappa shape index (κ2) is 8.57. The highest BCUT2D eigenvalue weighted by atomic mass is 16.7. The van der Waals surface area contributed by atoms with E-state index < -0.39 is 6.10 Å². The summed E-state index contributed by atoms with van der Waals surface area (Å²) in [5, 5.41) is 5.58. The lowest BCUT2D eigenvalue weighted by atomic mass is 10.1. The van der Waals surface area contributed by atoms with Crippen molar-refractivity contribution in [1.29, 1.82) is 0 Å². The molecule has 0 aliphatic carbocycles. The molecule has 7 heteroatoms. The maximum atomic E-state index is 12.8. The first-order chi connectivity index (χ1) is 14.6. The summed E-state index contributed by atoms with van der Waals surface area (Å²) in [5.74, 6) is 1.08. The third-order valence-corrected chi connectivity index (χ3v) is 4.49. The molecule has 1 unspecified atom stereocenters. The highest BCUT2D eigenvalue weighted by molar-refractivity contribution is 6.10. The molecule has 3 aromatic rings. The molecule has 1 atom stereocenters. The smallest absolute Gasteiger partial charge is 0.265 e. The summed E-state index contributed by atoms with van der Waals surface area (Å²) in [6, 6.07) is 21.0. The first-order valence-corrected chi connectivity index (χ1v) is 9.43. The van der Waals surface area contributed by atoms with Gasteiger partial charge in [0, 0.05) is 11.8 Å². The Bertz CT molecular complexity index is 1070. The molecule has 3 aromatic carbocycles. The Morgan fingerprint density at radius 1 is 0.900 bits per heavy atom. The van der Waals surface area contributed by atoms with E-state index in [1.807, 2.05) is 18.2 Å². The van der Waals surface area contributed by atoms with Gasteiger partial charge in [-0.3, -0.25) is 9.59 Å². The molecule has 7 nitrogen and oxygen atoms in total. The van der Waals surface area contributed by atoms with E-state index in [4.69, 9.17) is 14.2 Å². The van der Waals surface area contributed by atoms with Crippen LogP contribution in [0.15, 0.2) is 72.8 Å². The van der Waals surface area contributed by atoms with E-state index in [9.17, 15) is 9.59 Å². The monoisotopic (exact) mass is 404 g/mol. The van der Waals surface area contributed by atoms with Gasteiger partial charge in [-0.1, -0.05) is 30.3 Å². The lowest BCUT2D eigenvalue weighted by Crippen LogP contribution is -2.31. The molecule has 30 heavy (non-hydrogen) atoms. The number of hydrogen-bond acceptors (Lipinski definition) is 5. The number of rotatable bonds is 6. The number of nitrogens with one attached hydrogen (secondary N) is 2. The van der Waals surface area contributed by atoms with Crippen LogP contribution in [0.3, 0.4) is 0 Å². The maximum absolute atomic E-state index is 12.8. The van der Waals surface area contributed by atoms with Gasteiger partial charge in [0.25, 0.3) is 11.8 Å². The second-order valence-corrected chi connectivity index (χ2v) is 6.63. The molecular weight excluding hydrogens is 384 g/mol. The molecule has 0 radical (unpaired) electrons. The van der Waals surface area contributed by atoms with Crippen molar-refractivity contribution in [2.24, 2.45) is 0 Å². The quantitative estimate of drug-likeness (QED) is 0.647. The highest BCUT2D eigenvalue weighted by Gasteiger charge is 2.19. The van der Waals surface area contributed by atoms with Crippen molar-refractivity contribution in [3.05, 3.63) is 78.4 Å². The third-order valence-electron chi connectivity index (χ3n) is 4.49. The maximum Gasteiger partial charge on any atom is 0.265 e. The molecule has 0 saturated heterocycles. The lowest BCUT2D eigenvalue weighted by Gasteiger charge is -2.16. The molecule has 1 aliphatic rings. The van der Waals surface area contributed by atoms with Crippen LogP contribution in [0.25, 0.3) is 0 Å². The zero-order valence-corrected chi connectivity index (χ0v) is 16.3. The van der Waals surface area contributed by atoms with Crippen LogP contribution >= 0.6 is 0 Å². The summed E-state index contributed by atoms with van der Waals surface area (Å²) in [5.41, 5.74) is 1.28. The van der Waals surface area contributed by atoms with Crippen LogP contribution in [0, 0.1) is 0 Å². The van der Waals surface area contributed by atoms with E-state index in [2.05, 4.69) is 10.6 Å². The molecule has 2 N–H and O–H groups in total. The summed E-state index contributed by atoms with van der Waals surface area (Å²) in [6.45, 7) is 1.81. The van der Waals surface area contributed by atoms with Gasteiger partial charge >= 0.3 is 0 Å². The standard InChI is InChI=1S/C23H20N2O5/c1-15(30-17-7-3-2-4-8-17)22(26)25-19-10-6-5-9-18(19)23(27)24-16-11-12-20-21(13-16)29-14-28-20/h2-13,15H,14H2,1H3,(H,24,27)(H,25,26). The number of carbonyl (C=O) groups excluding carboxylic acids is 2. The number of fused-ring (bicyclic) bond motifs is 1. The Labute approximate surface area is 173 Å². The predicted molar refractivity (Wildman–Crippen MR) is 112 cm³/mol. The molecule has 1 aliphatic heterocycles. The van der Waals surface area contributed by atoms with Gasteiger partial charge in [-0.15, -0.1) is 0 Å². The van der Waals surface area contributed by atoms with Gasteiger partial charge in [0.05, 0.1) is 11.3 Å². The fraction of sp³-hybridized carbons (Fsp3) is 0.130. The zero-order chi connectivity index (χ0) is 20.9. The number of amides is 2. The van der Waals surface area contributed by atoms with Crippen molar-refractivity contribution >= 4 is 23.2 Å². The number of hydrogen-bond donors (Lipinski definition) is 2. The Balaban J connectivity index is 1.45. The summed E-state index contributed by atoms with van der Waals surface area (Å²) in [7, 11) is 0. The minimum absolute atomic E-state index is 0.158. The zero-order valence-electron chi connectivity index (χ0n) is 16.3. The largest absolute Gasteiger partial charge is 0.481 e. The van der Waals surface area contributed by atoms with Crippen molar-refractivity contribution in [2.75, 3.05) is 17.4 Å². The van der Waals surface area contributed by atoms with Crippen molar-refractivity contribution < 1.29 is 23.8 Å². The molecule has 1 heterocycles. The topological polar surface area (TPSA) is 85.9 Å². The number of benzene rings is 3. The van der Waals surface area contributed by atoms with Crippen LogP contribution in [-0.4, -0.2) is 24.7 Å². The summed E-state index contributed by atoms with van der Waals surface area (Å²) >= 11 is 0.